The second-order valence-electron chi connectivity index (χ2n) is 7.36. The van der Waals surface area contributed by atoms with Gasteiger partial charge in [0.25, 0.3) is 0 Å². The minimum Gasteiger partial charge on any atom is -0.494 e. The highest BCUT2D eigenvalue weighted by atomic mass is 32.1. The second-order valence-corrected chi connectivity index (χ2v) is 8.25. The molecule has 0 radical (unpaired) electrons. The number of benzene rings is 2. The van der Waals surface area contributed by atoms with Gasteiger partial charge in [0.05, 0.1) is 34.1 Å². The summed E-state index contributed by atoms with van der Waals surface area (Å²) in [7, 11) is 0. The average Bonchev–Trinajstić information content (AvgIpc) is 3.21. The Labute approximate surface area is 181 Å². The Morgan fingerprint density at radius 3 is 2.87 bits per heavy atom. The Morgan fingerprint density at radius 2 is 2.00 bits per heavy atom. The number of anilines is 1. The zero-order chi connectivity index (χ0) is 20.9. The van der Waals surface area contributed by atoms with Gasteiger partial charge in [-0.25, -0.2) is 15.0 Å². The van der Waals surface area contributed by atoms with Crippen LogP contribution in [0.25, 0.3) is 21.5 Å². The Hall–Kier alpha value is -2.99. The van der Waals surface area contributed by atoms with Crippen molar-refractivity contribution in [3.8, 4) is 17.0 Å². The number of unbranched alkanes of at least 4 members (excludes halogenated alkanes) is 1. The molecule has 0 bridgehead atoms. The number of rotatable bonds is 8. The summed E-state index contributed by atoms with van der Waals surface area (Å²) in [5.41, 5.74) is 6.02. The Bertz CT molecular complexity index is 1140. The van der Waals surface area contributed by atoms with E-state index < -0.39 is 0 Å². The van der Waals surface area contributed by atoms with Crippen molar-refractivity contribution in [3.05, 3.63) is 65.4 Å². The van der Waals surface area contributed by atoms with Gasteiger partial charge in [0.2, 0.25) is 0 Å². The van der Waals surface area contributed by atoms with Gasteiger partial charge in [-0.3, -0.25) is 0 Å². The summed E-state index contributed by atoms with van der Waals surface area (Å²) < 4.78 is 7.01. The molecule has 1 atom stereocenters. The van der Waals surface area contributed by atoms with Crippen LogP contribution in [0.2, 0.25) is 0 Å². The lowest BCUT2D eigenvalue weighted by Crippen LogP contribution is -2.09. The van der Waals surface area contributed by atoms with Gasteiger partial charge >= 0.3 is 0 Å². The monoisotopic (exact) mass is 418 g/mol. The molecule has 0 aliphatic heterocycles. The zero-order valence-corrected chi connectivity index (χ0v) is 18.4. The maximum atomic E-state index is 5.85. The third kappa shape index (κ3) is 4.76. The molecule has 6 heteroatoms. The van der Waals surface area contributed by atoms with Gasteiger partial charge in [-0.05, 0) is 50.1 Å². The Balaban J connectivity index is 1.54. The first-order valence-electron chi connectivity index (χ1n) is 10.3. The van der Waals surface area contributed by atoms with Crippen LogP contribution in [0.3, 0.4) is 0 Å². The van der Waals surface area contributed by atoms with Gasteiger partial charge in [0, 0.05) is 11.6 Å². The van der Waals surface area contributed by atoms with Crippen molar-refractivity contribution in [2.24, 2.45) is 0 Å². The fourth-order valence-corrected chi connectivity index (χ4v) is 4.03. The van der Waals surface area contributed by atoms with E-state index in [0.29, 0.717) is 0 Å². The fraction of sp³-hybridized carbons (Fsp3) is 0.292. The number of aromatic nitrogens is 3. The second kappa shape index (κ2) is 9.22. The Kier molecular flexibility index (Phi) is 6.23. The molecule has 2 aromatic heterocycles. The fourth-order valence-electron chi connectivity index (χ4n) is 3.32. The number of nitrogens with zero attached hydrogens (tertiary/aromatic N) is 3. The van der Waals surface area contributed by atoms with Gasteiger partial charge < -0.3 is 10.1 Å². The topological polar surface area (TPSA) is 59.9 Å². The SMILES string of the molecule is CCCCOc1cccc(C(C)Nc2cc(-c3ccc4ncsc4c3)nc(C)n2)c1. The molecule has 1 N–H and O–H groups in total. The molecule has 5 nitrogen and oxygen atoms in total. The van der Waals surface area contributed by atoms with Crippen molar-refractivity contribution in [1.82, 2.24) is 15.0 Å². The molecule has 4 rings (SSSR count). The summed E-state index contributed by atoms with van der Waals surface area (Å²) in [5.74, 6) is 2.46. The van der Waals surface area contributed by atoms with E-state index in [-0.39, 0.29) is 6.04 Å². The molecule has 0 aliphatic rings. The number of aryl methyl sites for hydroxylation is 1. The van der Waals surface area contributed by atoms with Crippen LogP contribution in [0.4, 0.5) is 5.82 Å². The largest absolute Gasteiger partial charge is 0.494 e. The predicted octanol–water partition coefficient (Wildman–Crippen LogP) is 6.41. The van der Waals surface area contributed by atoms with E-state index in [4.69, 9.17) is 4.74 Å². The van der Waals surface area contributed by atoms with Crippen molar-refractivity contribution in [2.75, 3.05) is 11.9 Å². The van der Waals surface area contributed by atoms with E-state index in [0.717, 1.165) is 63.9 Å². The van der Waals surface area contributed by atoms with E-state index in [9.17, 15) is 0 Å². The van der Waals surface area contributed by atoms with Crippen LogP contribution in [-0.4, -0.2) is 21.6 Å². The molecule has 0 spiro atoms. The van der Waals surface area contributed by atoms with Crippen LogP contribution in [0.5, 0.6) is 5.75 Å². The highest BCUT2D eigenvalue weighted by molar-refractivity contribution is 7.16. The lowest BCUT2D eigenvalue weighted by Gasteiger charge is -2.17. The van der Waals surface area contributed by atoms with Gasteiger partial charge in [-0.2, -0.15) is 0 Å². The van der Waals surface area contributed by atoms with Gasteiger partial charge in [0.1, 0.15) is 17.4 Å². The van der Waals surface area contributed by atoms with Crippen LogP contribution in [0.1, 0.15) is 44.1 Å². The summed E-state index contributed by atoms with van der Waals surface area (Å²) >= 11 is 1.64. The molecule has 154 valence electrons. The van der Waals surface area contributed by atoms with Crippen molar-refractivity contribution < 1.29 is 4.74 Å². The smallest absolute Gasteiger partial charge is 0.130 e. The summed E-state index contributed by atoms with van der Waals surface area (Å²) in [4.78, 5) is 13.6. The molecule has 2 heterocycles. The third-order valence-corrected chi connectivity index (χ3v) is 5.75. The van der Waals surface area contributed by atoms with Gasteiger partial charge in [-0.1, -0.05) is 31.5 Å². The Morgan fingerprint density at radius 1 is 1.10 bits per heavy atom. The first kappa shape index (κ1) is 20.3. The molecular formula is C24H26N4OS. The average molecular weight is 419 g/mol. The normalized spacial score (nSPS) is 12.1. The van der Waals surface area contributed by atoms with E-state index in [1.54, 1.807) is 11.3 Å². The number of thiazole rings is 1. The first-order chi connectivity index (χ1) is 14.6. The van der Waals surface area contributed by atoms with Crippen LogP contribution >= 0.6 is 11.3 Å². The van der Waals surface area contributed by atoms with E-state index in [2.05, 4.69) is 58.4 Å². The molecule has 0 saturated carbocycles. The van der Waals surface area contributed by atoms with Crippen LogP contribution in [0.15, 0.2) is 54.0 Å². The standard InChI is InChI=1S/C24H26N4OS/c1-4-5-11-29-20-8-6-7-18(12-20)16(2)26-24-14-22(27-17(3)28-24)19-9-10-21-23(13-19)30-15-25-21/h6-10,12-16H,4-5,11H2,1-3H3,(H,26,27,28). The van der Waals surface area contributed by atoms with Crippen LogP contribution in [0, 0.1) is 6.92 Å². The predicted molar refractivity (Wildman–Crippen MR) is 124 cm³/mol. The van der Waals surface area contributed by atoms with Crippen molar-refractivity contribution in [3.63, 3.8) is 0 Å². The maximum Gasteiger partial charge on any atom is 0.130 e. The molecule has 0 fully saturated rings. The molecule has 2 aromatic carbocycles. The molecule has 4 aromatic rings. The highest BCUT2D eigenvalue weighted by Gasteiger charge is 2.11. The molecular weight excluding hydrogens is 392 g/mol. The van der Waals surface area contributed by atoms with Crippen molar-refractivity contribution in [1.29, 1.82) is 0 Å². The van der Waals surface area contributed by atoms with Crippen LogP contribution in [-0.2, 0) is 0 Å². The number of hydrogen-bond donors (Lipinski definition) is 1. The molecule has 0 aliphatic carbocycles. The van der Waals surface area contributed by atoms with Crippen molar-refractivity contribution >= 4 is 27.4 Å². The van der Waals surface area contributed by atoms with Crippen molar-refractivity contribution in [2.45, 2.75) is 39.7 Å². The summed E-state index contributed by atoms with van der Waals surface area (Å²) in [6.45, 7) is 6.97. The van der Waals surface area contributed by atoms with Gasteiger partial charge in [-0.15, -0.1) is 11.3 Å². The third-order valence-electron chi connectivity index (χ3n) is 4.95. The maximum absolute atomic E-state index is 5.85. The first-order valence-corrected chi connectivity index (χ1v) is 11.2. The quantitative estimate of drug-likeness (QED) is 0.335. The summed E-state index contributed by atoms with van der Waals surface area (Å²) in [5, 5.41) is 3.52. The highest BCUT2D eigenvalue weighted by Crippen LogP contribution is 2.28. The number of fused-ring (bicyclic) bond motifs is 1. The van der Waals surface area contributed by atoms with E-state index in [1.807, 2.05) is 36.7 Å². The summed E-state index contributed by atoms with van der Waals surface area (Å²) in [6.07, 6.45) is 2.19. The number of ether oxygens (including phenoxy) is 1. The molecule has 0 amide bonds. The van der Waals surface area contributed by atoms with E-state index >= 15 is 0 Å². The van der Waals surface area contributed by atoms with Gasteiger partial charge in [0.15, 0.2) is 0 Å². The minimum atomic E-state index is 0.0888. The lowest BCUT2D eigenvalue weighted by molar-refractivity contribution is 0.309. The zero-order valence-electron chi connectivity index (χ0n) is 17.6. The molecule has 30 heavy (non-hydrogen) atoms. The lowest BCUT2D eigenvalue weighted by atomic mass is 10.1. The number of hydrogen-bond acceptors (Lipinski definition) is 6. The molecule has 0 saturated heterocycles. The van der Waals surface area contributed by atoms with Crippen LogP contribution < -0.4 is 10.1 Å². The summed E-state index contributed by atoms with van der Waals surface area (Å²) in [6, 6.07) is 16.6. The van der Waals surface area contributed by atoms with E-state index in [1.165, 1.54) is 0 Å². The number of nitrogens with one attached hydrogen (secondary N) is 1. The minimum absolute atomic E-state index is 0.0888. The molecule has 1 unspecified atom stereocenters.